The van der Waals surface area contributed by atoms with Crippen LogP contribution >= 0.6 is 11.3 Å². The highest BCUT2D eigenvalue weighted by Gasteiger charge is 2.30. The van der Waals surface area contributed by atoms with Gasteiger partial charge in [0.1, 0.15) is 24.1 Å². The van der Waals surface area contributed by atoms with Crippen LogP contribution in [0.4, 0.5) is 13.2 Å². The van der Waals surface area contributed by atoms with Crippen LogP contribution in [0.5, 0.6) is 5.75 Å². The number of fused-ring (bicyclic) bond motifs is 1. The number of ether oxygens (including phenoxy) is 1. The van der Waals surface area contributed by atoms with E-state index in [4.69, 9.17) is 9.88 Å². The van der Waals surface area contributed by atoms with Gasteiger partial charge in [-0.3, -0.25) is 4.79 Å². The van der Waals surface area contributed by atoms with E-state index in [1.807, 2.05) is 13.8 Å². The molecule has 2 aromatic carbocycles. The fourth-order valence-corrected chi connectivity index (χ4v) is 5.69. The van der Waals surface area contributed by atoms with Crippen LogP contribution in [-0.4, -0.2) is 52.1 Å². The minimum atomic E-state index is -4.47. The Morgan fingerprint density at radius 3 is 2.51 bits per heavy atom. The number of primary sulfonamides is 1. The first-order valence-electron chi connectivity index (χ1n) is 12.3. The second-order valence-corrected chi connectivity index (χ2v) is 12.4. The maximum atomic E-state index is 12.8. The van der Waals surface area contributed by atoms with Crippen LogP contribution in [0.3, 0.4) is 0 Å². The third kappa shape index (κ3) is 7.78. The summed E-state index contributed by atoms with van der Waals surface area (Å²) in [5.74, 6) is -0.638. The first kappa shape index (κ1) is 30.4. The van der Waals surface area contributed by atoms with Crippen LogP contribution < -0.4 is 15.2 Å². The number of aromatic nitrogens is 4. The maximum Gasteiger partial charge on any atom is 0.416 e. The number of carboxylic acid groups (broad SMARTS) is 1. The van der Waals surface area contributed by atoms with E-state index in [9.17, 15) is 31.5 Å². The number of hydrogen-bond donors (Lipinski definition) is 3. The van der Waals surface area contributed by atoms with E-state index in [0.29, 0.717) is 27.2 Å². The number of halogens is 3. The topological polar surface area (TPSA) is 162 Å². The maximum absolute atomic E-state index is 12.8. The summed E-state index contributed by atoms with van der Waals surface area (Å²) < 4.78 is 69.4. The lowest BCUT2D eigenvalue weighted by atomic mass is 10.0. The van der Waals surface area contributed by atoms with E-state index < -0.39 is 33.8 Å². The number of alkyl halides is 3. The molecule has 41 heavy (non-hydrogen) atoms. The number of thiazole rings is 1. The normalized spacial score (nSPS) is 13.9. The van der Waals surface area contributed by atoms with Crippen molar-refractivity contribution in [3.63, 3.8) is 0 Å². The molecule has 0 bridgehead atoms. The molecule has 2 aromatic heterocycles. The lowest BCUT2D eigenvalue weighted by Gasteiger charge is -2.24. The molecule has 16 heteroatoms. The van der Waals surface area contributed by atoms with Gasteiger partial charge in [0.05, 0.1) is 28.0 Å². The van der Waals surface area contributed by atoms with Crippen molar-refractivity contribution >= 4 is 37.5 Å². The monoisotopic (exact) mass is 612 g/mol. The molecular weight excluding hydrogens is 585 g/mol. The van der Waals surface area contributed by atoms with E-state index in [-0.39, 0.29) is 35.9 Å². The zero-order chi connectivity index (χ0) is 29.9. The van der Waals surface area contributed by atoms with Gasteiger partial charge in [0.2, 0.25) is 4.34 Å². The summed E-state index contributed by atoms with van der Waals surface area (Å²) in [5, 5.41) is 26.1. The molecule has 0 aliphatic carbocycles. The number of hydrogen-bond acceptors (Lipinski definition) is 9. The smallest absolute Gasteiger partial charge is 0.416 e. The molecule has 2 atom stereocenters. The number of nitrogens with one attached hydrogen (secondary N) is 1. The number of nitrogens with zero attached hydrogens (tertiary/aromatic N) is 4. The second-order valence-electron chi connectivity index (χ2n) is 9.64. The number of carbonyl (C=O) groups is 1. The minimum Gasteiger partial charge on any atom is -0.487 e. The average molecular weight is 613 g/mol. The molecule has 4 rings (SSSR count). The van der Waals surface area contributed by atoms with Gasteiger partial charge < -0.3 is 15.2 Å². The highest BCUT2D eigenvalue weighted by atomic mass is 32.2. The van der Waals surface area contributed by atoms with E-state index in [0.717, 1.165) is 23.5 Å². The van der Waals surface area contributed by atoms with Crippen LogP contribution in [0.25, 0.3) is 10.2 Å². The standard InChI is InChI=1S/C25H27F3N6O5S2/c1-14(2)21(11-30-20(23(35)36)9-15-3-5-16(6-4-15)25(26,27)28)34-12-17(32-33-34)13-39-18-7-8-19-22(10-18)40-24(31-19)41(29,37)38/h3-8,10,12,14,20-21,30H,9,11,13H2,1-2H3,(H,35,36)(H2,29,37,38)/t20?,21-/m0/s1. The fourth-order valence-electron chi connectivity index (χ4n) is 4.00. The number of carboxylic acids is 1. The summed E-state index contributed by atoms with van der Waals surface area (Å²) in [4.78, 5) is 15.9. The van der Waals surface area contributed by atoms with Crippen LogP contribution in [0.1, 0.15) is 36.7 Å². The fraction of sp³-hybridized carbons (Fsp3) is 0.360. The summed E-state index contributed by atoms with van der Waals surface area (Å²) >= 11 is 0.933. The molecule has 0 saturated heterocycles. The molecule has 1 unspecified atom stereocenters. The van der Waals surface area contributed by atoms with Crippen molar-refractivity contribution in [3.8, 4) is 5.75 Å². The molecule has 0 radical (unpaired) electrons. The van der Waals surface area contributed by atoms with Crippen molar-refractivity contribution in [2.24, 2.45) is 11.1 Å². The highest BCUT2D eigenvalue weighted by molar-refractivity contribution is 7.91. The van der Waals surface area contributed by atoms with Crippen molar-refractivity contribution in [1.29, 1.82) is 0 Å². The molecule has 0 fully saturated rings. The van der Waals surface area contributed by atoms with Gasteiger partial charge in [-0.25, -0.2) is 23.2 Å². The summed E-state index contributed by atoms with van der Waals surface area (Å²) in [5.41, 5.74) is 0.635. The summed E-state index contributed by atoms with van der Waals surface area (Å²) in [6.07, 6.45) is -2.79. The highest BCUT2D eigenvalue weighted by Crippen LogP contribution is 2.30. The second kappa shape index (κ2) is 12.1. The Balaban J connectivity index is 1.38. The molecule has 0 spiro atoms. The Bertz CT molecular complexity index is 1620. The van der Waals surface area contributed by atoms with Crippen molar-refractivity contribution in [2.45, 2.75) is 49.5 Å². The molecule has 0 aliphatic heterocycles. The van der Waals surface area contributed by atoms with E-state index in [1.165, 1.54) is 12.1 Å². The summed E-state index contributed by atoms with van der Waals surface area (Å²) in [7, 11) is -3.91. The molecule has 11 nitrogen and oxygen atoms in total. The van der Waals surface area contributed by atoms with Crippen LogP contribution in [0, 0.1) is 5.92 Å². The SMILES string of the molecule is CC(C)[C@H](CNC(Cc1ccc(C(F)(F)F)cc1)C(=O)O)n1cc(COc2ccc3nc(S(N)(=O)=O)sc3c2)nn1. The number of benzene rings is 2. The quantitative estimate of drug-likeness (QED) is 0.217. The molecule has 2 heterocycles. The van der Waals surface area contributed by atoms with Crippen LogP contribution in [-0.2, 0) is 34.0 Å². The Labute approximate surface area is 237 Å². The number of nitrogens with two attached hydrogens (primary N) is 1. The van der Waals surface area contributed by atoms with Gasteiger partial charge in [-0.1, -0.05) is 31.2 Å². The van der Waals surface area contributed by atoms with Gasteiger partial charge in [0.25, 0.3) is 10.0 Å². The average Bonchev–Trinajstić information content (AvgIpc) is 3.53. The first-order valence-corrected chi connectivity index (χ1v) is 14.7. The van der Waals surface area contributed by atoms with Crippen molar-refractivity contribution < 1.29 is 36.2 Å². The predicted octanol–water partition coefficient (Wildman–Crippen LogP) is 3.62. The van der Waals surface area contributed by atoms with Crippen molar-refractivity contribution in [1.82, 2.24) is 25.3 Å². The molecule has 0 aliphatic rings. The lowest BCUT2D eigenvalue weighted by molar-refractivity contribution is -0.140. The van der Waals surface area contributed by atoms with Gasteiger partial charge in [0.15, 0.2) is 0 Å². The Morgan fingerprint density at radius 2 is 1.90 bits per heavy atom. The summed E-state index contributed by atoms with van der Waals surface area (Å²) in [6, 6.07) is 8.01. The first-order chi connectivity index (χ1) is 19.2. The number of rotatable bonds is 12. The zero-order valence-electron chi connectivity index (χ0n) is 21.9. The van der Waals surface area contributed by atoms with Gasteiger partial charge in [-0.05, 0) is 48.2 Å². The predicted molar refractivity (Wildman–Crippen MR) is 144 cm³/mol. The van der Waals surface area contributed by atoms with E-state index in [2.05, 4.69) is 20.6 Å². The minimum absolute atomic E-state index is 0.00244. The molecule has 4 N–H and O–H groups in total. The lowest BCUT2D eigenvalue weighted by Crippen LogP contribution is -2.42. The Kier molecular flexibility index (Phi) is 8.96. The Morgan fingerprint density at radius 1 is 1.20 bits per heavy atom. The number of aliphatic carboxylic acids is 1. The number of sulfonamides is 1. The molecular formula is C25H27F3N6O5S2. The molecule has 220 valence electrons. The van der Waals surface area contributed by atoms with Crippen LogP contribution in [0.2, 0.25) is 0 Å². The Hall–Kier alpha value is -3.60. The molecule has 4 aromatic rings. The molecule has 0 amide bonds. The van der Waals surface area contributed by atoms with Gasteiger partial charge in [0, 0.05) is 6.54 Å². The van der Waals surface area contributed by atoms with Gasteiger partial charge >= 0.3 is 12.1 Å². The van der Waals surface area contributed by atoms with E-state index >= 15 is 0 Å². The van der Waals surface area contributed by atoms with Gasteiger partial charge in [-0.2, -0.15) is 13.2 Å². The third-order valence-corrected chi connectivity index (χ3v) is 8.57. The van der Waals surface area contributed by atoms with Crippen molar-refractivity contribution in [3.05, 3.63) is 65.5 Å². The van der Waals surface area contributed by atoms with Gasteiger partial charge in [-0.15, -0.1) is 16.4 Å². The van der Waals surface area contributed by atoms with Crippen molar-refractivity contribution in [2.75, 3.05) is 6.54 Å². The zero-order valence-corrected chi connectivity index (χ0v) is 23.5. The van der Waals surface area contributed by atoms with Crippen LogP contribution in [0.15, 0.2) is 53.0 Å². The summed E-state index contributed by atoms with van der Waals surface area (Å²) in [6.45, 7) is 4.16. The third-order valence-electron chi connectivity index (χ3n) is 6.23. The van der Waals surface area contributed by atoms with E-state index in [1.54, 1.807) is 29.1 Å². The largest absolute Gasteiger partial charge is 0.487 e. The molecule has 0 saturated carbocycles.